The molecule has 1 amide bonds. The molecule has 1 N–H and O–H groups in total. The van der Waals surface area contributed by atoms with Crippen molar-refractivity contribution in [2.45, 2.75) is 27.2 Å². The molecule has 1 atom stereocenters. The number of aliphatic carboxylic acids is 1. The summed E-state index contributed by atoms with van der Waals surface area (Å²) in [6.45, 7) is 6.81. The van der Waals surface area contributed by atoms with Gasteiger partial charge >= 0.3 is 5.97 Å². The SMILES string of the molecule is CC(=O)N1CC(CC(=O)O)C(C)(C)C1. The van der Waals surface area contributed by atoms with Gasteiger partial charge in [0, 0.05) is 20.0 Å². The normalized spacial score (nSPS) is 25.1. The van der Waals surface area contributed by atoms with Crippen LogP contribution in [0.2, 0.25) is 0 Å². The number of nitrogens with zero attached hydrogens (tertiary/aromatic N) is 1. The van der Waals surface area contributed by atoms with Crippen LogP contribution >= 0.6 is 0 Å². The molecular formula is C10H17NO3. The number of hydrogen-bond donors (Lipinski definition) is 1. The molecule has 1 aliphatic heterocycles. The molecule has 80 valence electrons. The molecule has 1 rings (SSSR count). The molecule has 0 saturated carbocycles. The Morgan fingerprint density at radius 2 is 2.07 bits per heavy atom. The number of carbonyl (C=O) groups is 2. The summed E-state index contributed by atoms with van der Waals surface area (Å²) in [4.78, 5) is 23.5. The third-order valence-corrected chi connectivity index (χ3v) is 3.01. The third kappa shape index (κ3) is 2.25. The van der Waals surface area contributed by atoms with E-state index < -0.39 is 5.97 Å². The lowest BCUT2D eigenvalue weighted by atomic mass is 9.80. The van der Waals surface area contributed by atoms with Gasteiger partial charge < -0.3 is 10.0 Å². The van der Waals surface area contributed by atoms with Crippen molar-refractivity contribution in [3.63, 3.8) is 0 Å². The van der Waals surface area contributed by atoms with E-state index in [-0.39, 0.29) is 23.7 Å². The molecule has 1 fully saturated rings. The van der Waals surface area contributed by atoms with Crippen molar-refractivity contribution in [3.8, 4) is 0 Å². The van der Waals surface area contributed by atoms with Crippen molar-refractivity contribution in [1.82, 2.24) is 4.90 Å². The Morgan fingerprint density at radius 1 is 1.50 bits per heavy atom. The molecule has 1 saturated heterocycles. The predicted molar refractivity (Wildman–Crippen MR) is 51.8 cm³/mol. The van der Waals surface area contributed by atoms with Crippen molar-refractivity contribution in [1.29, 1.82) is 0 Å². The number of carboxylic acid groups (broad SMARTS) is 1. The van der Waals surface area contributed by atoms with Gasteiger partial charge in [-0.1, -0.05) is 13.8 Å². The number of carboxylic acids is 1. The van der Waals surface area contributed by atoms with Crippen molar-refractivity contribution in [2.24, 2.45) is 11.3 Å². The van der Waals surface area contributed by atoms with Gasteiger partial charge in [-0.2, -0.15) is 0 Å². The second-order valence-electron chi connectivity index (χ2n) is 4.68. The Balaban J connectivity index is 2.68. The summed E-state index contributed by atoms with van der Waals surface area (Å²) >= 11 is 0. The van der Waals surface area contributed by atoms with Crippen LogP contribution in [0.1, 0.15) is 27.2 Å². The Kier molecular flexibility index (Phi) is 2.83. The molecule has 0 aliphatic carbocycles. The number of rotatable bonds is 2. The molecule has 1 heterocycles. The van der Waals surface area contributed by atoms with Crippen LogP contribution in [-0.4, -0.2) is 35.0 Å². The van der Waals surface area contributed by atoms with Gasteiger partial charge in [-0.3, -0.25) is 9.59 Å². The zero-order chi connectivity index (χ0) is 10.9. The average molecular weight is 199 g/mol. The van der Waals surface area contributed by atoms with Crippen molar-refractivity contribution in [2.75, 3.05) is 13.1 Å². The molecule has 4 nitrogen and oxygen atoms in total. The maximum absolute atomic E-state index is 11.1. The molecule has 1 aliphatic rings. The summed E-state index contributed by atoms with van der Waals surface area (Å²) in [5.74, 6) is -0.677. The highest BCUT2D eigenvalue weighted by molar-refractivity contribution is 5.74. The molecule has 4 heteroatoms. The molecule has 0 bridgehead atoms. The molecule has 0 aromatic heterocycles. The van der Waals surface area contributed by atoms with Crippen molar-refractivity contribution in [3.05, 3.63) is 0 Å². The van der Waals surface area contributed by atoms with Gasteiger partial charge in [0.1, 0.15) is 0 Å². The zero-order valence-electron chi connectivity index (χ0n) is 8.91. The van der Waals surface area contributed by atoms with E-state index in [0.29, 0.717) is 13.1 Å². The quantitative estimate of drug-likeness (QED) is 0.720. The highest BCUT2D eigenvalue weighted by Crippen LogP contribution is 2.37. The molecular weight excluding hydrogens is 182 g/mol. The highest BCUT2D eigenvalue weighted by Gasteiger charge is 2.41. The number of amides is 1. The minimum atomic E-state index is -0.784. The first-order valence-electron chi connectivity index (χ1n) is 4.80. The van der Waals surface area contributed by atoms with E-state index in [1.54, 1.807) is 4.90 Å². The second kappa shape index (κ2) is 3.59. The van der Waals surface area contributed by atoms with Gasteiger partial charge in [-0.05, 0) is 11.3 Å². The van der Waals surface area contributed by atoms with E-state index in [4.69, 9.17) is 5.11 Å². The van der Waals surface area contributed by atoms with Crippen LogP contribution in [-0.2, 0) is 9.59 Å². The summed E-state index contributed by atoms with van der Waals surface area (Å²) in [7, 11) is 0. The topological polar surface area (TPSA) is 57.6 Å². The van der Waals surface area contributed by atoms with Gasteiger partial charge in [0.2, 0.25) is 5.91 Å². The van der Waals surface area contributed by atoms with Crippen LogP contribution in [0.25, 0.3) is 0 Å². The average Bonchev–Trinajstić information content (AvgIpc) is 2.26. The minimum Gasteiger partial charge on any atom is -0.481 e. The van der Waals surface area contributed by atoms with Gasteiger partial charge in [0.15, 0.2) is 0 Å². The standard InChI is InChI=1S/C10H17NO3/c1-7(12)11-5-8(4-9(13)14)10(2,3)6-11/h8H,4-6H2,1-3H3,(H,13,14). The van der Waals surface area contributed by atoms with E-state index in [9.17, 15) is 9.59 Å². The summed E-state index contributed by atoms with van der Waals surface area (Å²) < 4.78 is 0. The van der Waals surface area contributed by atoms with Crippen molar-refractivity contribution >= 4 is 11.9 Å². The molecule has 0 spiro atoms. The molecule has 0 aromatic rings. The number of likely N-dealkylation sites (tertiary alicyclic amines) is 1. The second-order valence-corrected chi connectivity index (χ2v) is 4.68. The molecule has 14 heavy (non-hydrogen) atoms. The number of hydrogen-bond acceptors (Lipinski definition) is 2. The van der Waals surface area contributed by atoms with Crippen LogP contribution in [0, 0.1) is 11.3 Å². The monoisotopic (exact) mass is 199 g/mol. The first-order valence-corrected chi connectivity index (χ1v) is 4.80. The van der Waals surface area contributed by atoms with E-state index in [0.717, 1.165) is 0 Å². The summed E-state index contributed by atoms with van der Waals surface area (Å²) in [5.41, 5.74) is -0.0793. The first kappa shape index (κ1) is 11.0. The van der Waals surface area contributed by atoms with E-state index in [1.165, 1.54) is 6.92 Å². The first-order chi connectivity index (χ1) is 6.33. The summed E-state index contributed by atoms with van der Waals surface area (Å²) in [6, 6.07) is 0. The Labute approximate surface area is 83.9 Å². The number of carbonyl (C=O) groups excluding carboxylic acids is 1. The Morgan fingerprint density at radius 3 is 2.43 bits per heavy atom. The van der Waals surface area contributed by atoms with Crippen LogP contribution in [0.4, 0.5) is 0 Å². The van der Waals surface area contributed by atoms with Crippen LogP contribution in [0.5, 0.6) is 0 Å². The summed E-state index contributed by atoms with van der Waals surface area (Å²) in [6.07, 6.45) is 0.150. The van der Waals surface area contributed by atoms with Crippen molar-refractivity contribution < 1.29 is 14.7 Å². The molecule has 1 unspecified atom stereocenters. The van der Waals surface area contributed by atoms with Gasteiger partial charge in [-0.15, -0.1) is 0 Å². The largest absolute Gasteiger partial charge is 0.481 e. The van der Waals surface area contributed by atoms with Crippen LogP contribution < -0.4 is 0 Å². The lowest BCUT2D eigenvalue weighted by Gasteiger charge is -2.23. The fourth-order valence-electron chi connectivity index (χ4n) is 1.99. The zero-order valence-corrected chi connectivity index (χ0v) is 8.91. The lowest BCUT2D eigenvalue weighted by molar-refractivity contribution is -0.139. The van der Waals surface area contributed by atoms with Gasteiger partial charge in [0.25, 0.3) is 0 Å². The summed E-state index contributed by atoms with van der Waals surface area (Å²) in [5, 5.41) is 8.73. The Hall–Kier alpha value is -1.06. The van der Waals surface area contributed by atoms with Crippen LogP contribution in [0.15, 0.2) is 0 Å². The maximum atomic E-state index is 11.1. The van der Waals surface area contributed by atoms with E-state index in [2.05, 4.69) is 0 Å². The van der Waals surface area contributed by atoms with Crippen LogP contribution in [0.3, 0.4) is 0 Å². The lowest BCUT2D eigenvalue weighted by Crippen LogP contribution is -2.27. The predicted octanol–water partition coefficient (Wildman–Crippen LogP) is 0.966. The maximum Gasteiger partial charge on any atom is 0.303 e. The third-order valence-electron chi connectivity index (χ3n) is 3.01. The highest BCUT2D eigenvalue weighted by atomic mass is 16.4. The molecule has 0 aromatic carbocycles. The van der Waals surface area contributed by atoms with E-state index >= 15 is 0 Å². The smallest absolute Gasteiger partial charge is 0.303 e. The molecule has 0 radical (unpaired) electrons. The minimum absolute atomic E-state index is 0.0333. The van der Waals surface area contributed by atoms with Gasteiger partial charge in [0.05, 0.1) is 6.42 Å². The van der Waals surface area contributed by atoms with E-state index in [1.807, 2.05) is 13.8 Å². The van der Waals surface area contributed by atoms with Gasteiger partial charge in [-0.25, -0.2) is 0 Å². The fourth-order valence-corrected chi connectivity index (χ4v) is 1.99. The Bertz CT molecular complexity index is 260. The fraction of sp³-hybridized carbons (Fsp3) is 0.800.